The standard InChI is InChI=1S/C13H26N2O/c1-3-11-7-4-5-8-12(11)15-10-6-9-13(16)14-2/h11-12,15H,3-10H2,1-2H3,(H,14,16). The Balaban J connectivity index is 2.13. The van der Waals surface area contributed by atoms with E-state index in [9.17, 15) is 4.79 Å². The molecule has 0 saturated heterocycles. The quantitative estimate of drug-likeness (QED) is 0.681. The van der Waals surface area contributed by atoms with Gasteiger partial charge in [0, 0.05) is 19.5 Å². The molecule has 0 aromatic rings. The zero-order valence-electron chi connectivity index (χ0n) is 10.7. The molecule has 1 amide bonds. The molecule has 1 fully saturated rings. The number of hydrogen-bond donors (Lipinski definition) is 2. The Hall–Kier alpha value is -0.570. The summed E-state index contributed by atoms with van der Waals surface area (Å²) in [6.45, 7) is 3.27. The minimum Gasteiger partial charge on any atom is -0.359 e. The van der Waals surface area contributed by atoms with Crippen molar-refractivity contribution in [3.05, 3.63) is 0 Å². The summed E-state index contributed by atoms with van der Waals surface area (Å²) in [4.78, 5) is 11.0. The lowest BCUT2D eigenvalue weighted by Gasteiger charge is -2.31. The van der Waals surface area contributed by atoms with Gasteiger partial charge in [0.15, 0.2) is 0 Å². The smallest absolute Gasteiger partial charge is 0.219 e. The molecule has 3 nitrogen and oxygen atoms in total. The lowest BCUT2D eigenvalue weighted by atomic mass is 9.83. The molecule has 0 aromatic heterocycles. The van der Waals surface area contributed by atoms with Crippen LogP contribution in [-0.2, 0) is 4.79 Å². The van der Waals surface area contributed by atoms with Crippen LogP contribution in [0.1, 0.15) is 51.9 Å². The first-order chi connectivity index (χ1) is 7.77. The molecule has 0 heterocycles. The van der Waals surface area contributed by atoms with Gasteiger partial charge in [0.25, 0.3) is 0 Å². The van der Waals surface area contributed by atoms with Gasteiger partial charge < -0.3 is 10.6 Å². The molecule has 0 spiro atoms. The van der Waals surface area contributed by atoms with Crippen LogP contribution in [0.4, 0.5) is 0 Å². The van der Waals surface area contributed by atoms with Crippen molar-refractivity contribution in [3.63, 3.8) is 0 Å². The molecular formula is C13H26N2O. The average Bonchev–Trinajstić information content (AvgIpc) is 2.34. The van der Waals surface area contributed by atoms with Crippen molar-refractivity contribution < 1.29 is 4.79 Å². The van der Waals surface area contributed by atoms with Gasteiger partial charge in [-0.3, -0.25) is 4.79 Å². The van der Waals surface area contributed by atoms with Crippen LogP contribution in [0.15, 0.2) is 0 Å². The third-order valence-corrected chi connectivity index (χ3v) is 3.70. The number of carbonyl (C=O) groups is 1. The lowest BCUT2D eigenvalue weighted by molar-refractivity contribution is -0.120. The predicted octanol–water partition coefficient (Wildman–Crippen LogP) is 2.07. The first kappa shape index (κ1) is 13.5. The molecule has 0 bridgehead atoms. The molecule has 1 saturated carbocycles. The van der Waals surface area contributed by atoms with E-state index in [2.05, 4.69) is 17.6 Å². The molecule has 0 radical (unpaired) electrons. The van der Waals surface area contributed by atoms with E-state index in [1.165, 1.54) is 32.1 Å². The Morgan fingerprint density at radius 1 is 1.31 bits per heavy atom. The second-order valence-electron chi connectivity index (χ2n) is 4.79. The van der Waals surface area contributed by atoms with Crippen molar-refractivity contribution in [1.82, 2.24) is 10.6 Å². The predicted molar refractivity (Wildman–Crippen MR) is 67.3 cm³/mol. The van der Waals surface area contributed by atoms with Gasteiger partial charge in [-0.2, -0.15) is 0 Å². The first-order valence-corrected chi connectivity index (χ1v) is 6.72. The van der Waals surface area contributed by atoms with Crippen molar-refractivity contribution in [2.24, 2.45) is 5.92 Å². The molecular weight excluding hydrogens is 200 g/mol. The Kier molecular flexibility index (Phi) is 6.46. The highest BCUT2D eigenvalue weighted by atomic mass is 16.1. The summed E-state index contributed by atoms with van der Waals surface area (Å²) in [6, 6.07) is 0.698. The van der Waals surface area contributed by atoms with Crippen LogP contribution >= 0.6 is 0 Å². The van der Waals surface area contributed by atoms with Crippen LogP contribution in [0.3, 0.4) is 0 Å². The number of amides is 1. The number of hydrogen-bond acceptors (Lipinski definition) is 2. The van der Waals surface area contributed by atoms with Crippen LogP contribution in [0.25, 0.3) is 0 Å². The van der Waals surface area contributed by atoms with E-state index in [4.69, 9.17) is 0 Å². The van der Waals surface area contributed by atoms with E-state index >= 15 is 0 Å². The largest absolute Gasteiger partial charge is 0.359 e. The first-order valence-electron chi connectivity index (χ1n) is 6.72. The van der Waals surface area contributed by atoms with E-state index in [0.29, 0.717) is 12.5 Å². The SMILES string of the molecule is CCC1CCCCC1NCCCC(=O)NC. The molecule has 1 aliphatic rings. The summed E-state index contributed by atoms with van der Waals surface area (Å²) in [5, 5.41) is 6.28. The van der Waals surface area contributed by atoms with Gasteiger partial charge in [-0.15, -0.1) is 0 Å². The minimum absolute atomic E-state index is 0.150. The fourth-order valence-corrected chi connectivity index (χ4v) is 2.63. The third kappa shape index (κ3) is 4.52. The van der Waals surface area contributed by atoms with E-state index in [1.807, 2.05) is 0 Å². The zero-order chi connectivity index (χ0) is 11.8. The number of nitrogens with one attached hydrogen (secondary N) is 2. The molecule has 1 aliphatic carbocycles. The van der Waals surface area contributed by atoms with Crippen molar-refractivity contribution in [1.29, 1.82) is 0 Å². The van der Waals surface area contributed by atoms with Gasteiger partial charge in [-0.25, -0.2) is 0 Å². The molecule has 3 heteroatoms. The molecule has 2 atom stereocenters. The highest BCUT2D eigenvalue weighted by Crippen LogP contribution is 2.26. The maximum Gasteiger partial charge on any atom is 0.219 e. The molecule has 16 heavy (non-hydrogen) atoms. The lowest BCUT2D eigenvalue weighted by Crippen LogP contribution is -2.39. The number of rotatable bonds is 6. The van der Waals surface area contributed by atoms with Crippen LogP contribution in [-0.4, -0.2) is 25.5 Å². The summed E-state index contributed by atoms with van der Waals surface area (Å²) in [7, 11) is 1.70. The van der Waals surface area contributed by atoms with Gasteiger partial charge in [0.1, 0.15) is 0 Å². The summed E-state index contributed by atoms with van der Waals surface area (Å²) in [5.74, 6) is 1.01. The molecule has 1 rings (SSSR count). The van der Waals surface area contributed by atoms with E-state index in [1.54, 1.807) is 7.05 Å². The average molecular weight is 226 g/mol. The Morgan fingerprint density at radius 3 is 2.75 bits per heavy atom. The van der Waals surface area contributed by atoms with Crippen LogP contribution in [0, 0.1) is 5.92 Å². The minimum atomic E-state index is 0.150. The summed E-state index contributed by atoms with van der Waals surface area (Å²) in [5.41, 5.74) is 0. The fourth-order valence-electron chi connectivity index (χ4n) is 2.63. The van der Waals surface area contributed by atoms with Crippen molar-refractivity contribution in [2.45, 2.75) is 57.9 Å². The molecule has 2 N–H and O–H groups in total. The second-order valence-corrected chi connectivity index (χ2v) is 4.79. The van der Waals surface area contributed by atoms with Gasteiger partial charge in [0.05, 0.1) is 0 Å². The maximum absolute atomic E-state index is 11.0. The molecule has 0 aromatic carbocycles. The normalized spacial score (nSPS) is 25.4. The topological polar surface area (TPSA) is 41.1 Å². The van der Waals surface area contributed by atoms with Crippen molar-refractivity contribution in [2.75, 3.05) is 13.6 Å². The monoisotopic (exact) mass is 226 g/mol. The summed E-state index contributed by atoms with van der Waals surface area (Å²) < 4.78 is 0. The van der Waals surface area contributed by atoms with E-state index in [0.717, 1.165) is 18.9 Å². The Morgan fingerprint density at radius 2 is 2.06 bits per heavy atom. The van der Waals surface area contributed by atoms with Crippen molar-refractivity contribution in [3.8, 4) is 0 Å². The van der Waals surface area contributed by atoms with Gasteiger partial charge >= 0.3 is 0 Å². The van der Waals surface area contributed by atoms with Crippen LogP contribution in [0.2, 0.25) is 0 Å². The Labute approximate surface area is 99.4 Å². The molecule has 2 unspecified atom stereocenters. The van der Waals surface area contributed by atoms with E-state index in [-0.39, 0.29) is 5.91 Å². The number of carbonyl (C=O) groups excluding carboxylic acids is 1. The highest BCUT2D eigenvalue weighted by Gasteiger charge is 2.22. The Bertz CT molecular complexity index is 206. The van der Waals surface area contributed by atoms with Crippen LogP contribution < -0.4 is 10.6 Å². The highest BCUT2D eigenvalue weighted by molar-refractivity contribution is 5.75. The van der Waals surface area contributed by atoms with Gasteiger partial charge in [-0.05, 0) is 31.7 Å². The second kappa shape index (κ2) is 7.66. The fraction of sp³-hybridized carbons (Fsp3) is 0.923. The van der Waals surface area contributed by atoms with Gasteiger partial charge in [-0.1, -0.05) is 26.2 Å². The van der Waals surface area contributed by atoms with E-state index < -0.39 is 0 Å². The molecule has 0 aliphatic heterocycles. The maximum atomic E-state index is 11.0. The van der Waals surface area contributed by atoms with Gasteiger partial charge in [0.2, 0.25) is 5.91 Å². The summed E-state index contributed by atoms with van der Waals surface area (Å²) >= 11 is 0. The van der Waals surface area contributed by atoms with Crippen LogP contribution in [0.5, 0.6) is 0 Å². The zero-order valence-corrected chi connectivity index (χ0v) is 10.7. The third-order valence-electron chi connectivity index (χ3n) is 3.70. The van der Waals surface area contributed by atoms with Crippen molar-refractivity contribution >= 4 is 5.91 Å². The molecule has 94 valence electrons. The summed E-state index contributed by atoms with van der Waals surface area (Å²) in [6.07, 6.45) is 8.34.